The van der Waals surface area contributed by atoms with Crippen LogP contribution in [0, 0.1) is 46.3 Å². The lowest BCUT2D eigenvalue weighted by Crippen LogP contribution is -2.58. The first-order valence-corrected chi connectivity index (χ1v) is 10.7. The normalized spacial score (nSPS) is 45.7. The Bertz CT molecular complexity index is 588. The van der Waals surface area contributed by atoms with Crippen LogP contribution in [0.15, 0.2) is 0 Å². The van der Waals surface area contributed by atoms with Crippen molar-refractivity contribution in [2.45, 2.75) is 79.4 Å². The number of hydrogen-bond donors (Lipinski definition) is 1. The number of carbonyl (C=O) groups is 2. The second-order valence-electron chi connectivity index (χ2n) is 10.9. The summed E-state index contributed by atoms with van der Waals surface area (Å²) in [4.78, 5) is 24.4. The third-order valence-electron chi connectivity index (χ3n) is 9.29. The third-order valence-corrected chi connectivity index (χ3v) is 9.29. The monoisotopic (exact) mass is 377 g/mol. The summed E-state index contributed by atoms with van der Waals surface area (Å²) in [6.45, 7) is 13.6. The number of ether oxygens (including phenoxy) is 2. The van der Waals surface area contributed by atoms with Crippen LogP contribution in [0.2, 0.25) is 0 Å². The molecule has 0 spiro atoms. The van der Waals surface area contributed by atoms with Crippen molar-refractivity contribution in [3.63, 3.8) is 0 Å². The third kappa shape index (κ3) is 2.87. The highest BCUT2D eigenvalue weighted by atomic mass is 16.6. The quantitative estimate of drug-likeness (QED) is 0.736. The van der Waals surface area contributed by atoms with Gasteiger partial charge in [-0.2, -0.15) is 0 Å². The minimum Gasteiger partial charge on any atom is -0.446 e. The van der Waals surface area contributed by atoms with Crippen LogP contribution in [0.5, 0.6) is 0 Å². The minimum absolute atomic E-state index is 0.100. The molecule has 0 aromatic carbocycles. The molecule has 0 unspecified atom stereocenters. The molecule has 1 N–H and O–H groups in total. The number of alkyl carbamates (subject to hydrolysis) is 2. The molecule has 6 aliphatic carbocycles. The van der Waals surface area contributed by atoms with Crippen molar-refractivity contribution < 1.29 is 19.1 Å². The molecule has 6 fully saturated rings. The summed E-state index contributed by atoms with van der Waals surface area (Å²) in [6.07, 6.45) is 2.73. The summed E-state index contributed by atoms with van der Waals surface area (Å²) < 4.78 is 11.2. The van der Waals surface area contributed by atoms with Gasteiger partial charge < -0.3 is 9.47 Å². The van der Waals surface area contributed by atoms with Crippen LogP contribution in [0.3, 0.4) is 0 Å². The predicted octanol–water partition coefficient (Wildman–Crippen LogP) is 4.99. The average molecular weight is 378 g/mol. The van der Waals surface area contributed by atoms with Crippen molar-refractivity contribution in [3.8, 4) is 0 Å². The Morgan fingerprint density at radius 1 is 0.741 bits per heavy atom. The molecular weight excluding hydrogens is 342 g/mol. The summed E-state index contributed by atoms with van der Waals surface area (Å²) in [5, 5.41) is 2.29. The fraction of sp³-hybridized carbons (Fsp3) is 0.909. The molecule has 0 heterocycles. The van der Waals surface area contributed by atoms with Crippen molar-refractivity contribution in [2.75, 3.05) is 0 Å². The van der Waals surface area contributed by atoms with Gasteiger partial charge in [-0.1, -0.05) is 41.5 Å². The van der Waals surface area contributed by atoms with E-state index >= 15 is 0 Å². The number of nitrogens with one attached hydrogen (secondary N) is 1. The number of imide groups is 1. The van der Waals surface area contributed by atoms with E-state index in [9.17, 15) is 9.59 Å². The van der Waals surface area contributed by atoms with E-state index in [2.05, 4.69) is 46.9 Å². The highest BCUT2D eigenvalue weighted by Crippen LogP contribution is 2.62. The zero-order chi connectivity index (χ0) is 19.7. The van der Waals surface area contributed by atoms with Crippen molar-refractivity contribution >= 4 is 12.2 Å². The van der Waals surface area contributed by atoms with E-state index in [4.69, 9.17) is 9.47 Å². The Hall–Kier alpha value is -1.26. The van der Waals surface area contributed by atoms with Crippen molar-refractivity contribution in [1.29, 1.82) is 0 Å². The summed E-state index contributed by atoms with van der Waals surface area (Å²) in [5.41, 5.74) is 0.695. The van der Waals surface area contributed by atoms with Gasteiger partial charge >= 0.3 is 12.2 Å². The van der Waals surface area contributed by atoms with Gasteiger partial charge in [0.15, 0.2) is 0 Å². The zero-order valence-corrected chi connectivity index (χ0v) is 17.6. The maximum atomic E-state index is 12.2. The van der Waals surface area contributed by atoms with Crippen LogP contribution in [-0.4, -0.2) is 24.4 Å². The molecule has 27 heavy (non-hydrogen) atoms. The molecule has 4 bridgehead atoms. The molecule has 6 saturated carbocycles. The number of carbonyl (C=O) groups excluding carboxylic acids is 2. The fourth-order valence-electron chi connectivity index (χ4n) is 6.93. The highest BCUT2D eigenvalue weighted by molar-refractivity contribution is 5.87. The summed E-state index contributed by atoms with van der Waals surface area (Å²) in [6, 6.07) is 0. The Morgan fingerprint density at radius 2 is 1.11 bits per heavy atom. The minimum atomic E-state index is -0.662. The van der Waals surface area contributed by atoms with Gasteiger partial charge in [0.2, 0.25) is 0 Å². The average Bonchev–Trinajstić information content (AvgIpc) is 2.57. The topological polar surface area (TPSA) is 64.6 Å². The number of amides is 2. The van der Waals surface area contributed by atoms with Gasteiger partial charge in [0.25, 0.3) is 0 Å². The Morgan fingerprint density at radius 3 is 1.41 bits per heavy atom. The predicted molar refractivity (Wildman–Crippen MR) is 102 cm³/mol. The van der Waals surface area contributed by atoms with Crippen molar-refractivity contribution in [1.82, 2.24) is 5.32 Å². The lowest BCUT2D eigenvalue weighted by Gasteiger charge is -2.61. The fourth-order valence-corrected chi connectivity index (χ4v) is 6.93. The van der Waals surface area contributed by atoms with E-state index in [0.29, 0.717) is 46.3 Å². The van der Waals surface area contributed by atoms with Crippen LogP contribution in [-0.2, 0) is 9.47 Å². The Balaban J connectivity index is 1.25. The standard InChI is InChI=1S/C22H35NO4/c1-11-15-7-13(21(15,3)4)9-17(11)26-19(24)23-20(25)27-18-10-14-8-16(12(18)2)22(14,5)6/h11-18H,7-10H2,1-6H3,(H,23,24,25)/t11-,12-,13+,14+,15-,16-,17-,18-/m0/s1. The summed E-state index contributed by atoms with van der Waals surface area (Å²) in [7, 11) is 0. The van der Waals surface area contributed by atoms with Crippen LogP contribution >= 0.6 is 0 Å². The van der Waals surface area contributed by atoms with Gasteiger partial charge in [-0.3, -0.25) is 0 Å². The number of rotatable bonds is 2. The molecule has 5 nitrogen and oxygen atoms in total. The Labute approximate surface area is 162 Å². The van der Waals surface area contributed by atoms with E-state index in [-0.39, 0.29) is 12.2 Å². The van der Waals surface area contributed by atoms with Gasteiger partial charge in [0, 0.05) is 0 Å². The highest BCUT2D eigenvalue weighted by Gasteiger charge is 2.58. The SMILES string of the molecule is C[C@@H]1[C@@H](OC(=O)NC(=O)O[C@H]2C[C@H]3C[C@@H]([C@@H]2C)C3(C)C)C[C@H]2C[C@@H]1C2(C)C. The number of fused-ring (bicyclic) bond motifs is 4. The van der Waals surface area contributed by atoms with Crippen LogP contribution in [0.25, 0.3) is 0 Å². The smallest absolute Gasteiger partial charge is 0.416 e. The molecule has 152 valence electrons. The first-order valence-electron chi connectivity index (χ1n) is 10.7. The van der Waals surface area contributed by atoms with Gasteiger partial charge in [-0.05, 0) is 72.0 Å². The van der Waals surface area contributed by atoms with Gasteiger partial charge in [-0.15, -0.1) is 0 Å². The molecule has 6 aliphatic rings. The van der Waals surface area contributed by atoms with Crippen molar-refractivity contribution in [3.05, 3.63) is 0 Å². The van der Waals surface area contributed by atoms with Crippen molar-refractivity contribution in [2.24, 2.45) is 46.3 Å². The second kappa shape index (κ2) is 6.12. The first-order chi connectivity index (χ1) is 12.5. The molecule has 5 heteroatoms. The molecule has 2 amide bonds. The lowest BCUT2D eigenvalue weighted by atomic mass is 9.45. The Kier molecular flexibility index (Phi) is 4.32. The van der Waals surface area contributed by atoms with Crippen LogP contribution in [0.4, 0.5) is 9.59 Å². The van der Waals surface area contributed by atoms with Crippen LogP contribution in [0.1, 0.15) is 67.2 Å². The summed E-state index contributed by atoms with van der Waals surface area (Å²) >= 11 is 0. The largest absolute Gasteiger partial charge is 0.446 e. The van der Waals surface area contributed by atoms with E-state index in [1.165, 1.54) is 12.8 Å². The molecule has 6 rings (SSSR count). The van der Waals surface area contributed by atoms with E-state index in [1.807, 2.05) is 0 Å². The van der Waals surface area contributed by atoms with Gasteiger partial charge in [-0.25, -0.2) is 14.9 Å². The first kappa shape index (κ1) is 19.1. The molecule has 0 aromatic heterocycles. The van der Waals surface area contributed by atoms with E-state index in [0.717, 1.165) is 12.8 Å². The van der Waals surface area contributed by atoms with Crippen LogP contribution < -0.4 is 5.32 Å². The maximum absolute atomic E-state index is 12.2. The molecule has 0 aliphatic heterocycles. The maximum Gasteiger partial charge on any atom is 0.416 e. The van der Waals surface area contributed by atoms with Gasteiger partial charge in [0.1, 0.15) is 12.2 Å². The molecule has 0 saturated heterocycles. The van der Waals surface area contributed by atoms with E-state index in [1.54, 1.807) is 0 Å². The van der Waals surface area contributed by atoms with E-state index < -0.39 is 12.2 Å². The molecular formula is C22H35NO4. The van der Waals surface area contributed by atoms with Gasteiger partial charge in [0.05, 0.1) is 0 Å². The zero-order valence-electron chi connectivity index (χ0n) is 17.6. The molecule has 8 atom stereocenters. The summed E-state index contributed by atoms with van der Waals surface area (Å²) in [5.74, 6) is 3.08. The lowest BCUT2D eigenvalue weighted by molar-refractivity contribution is -0.157. The number of hydrogen-bond acceptors (Lipinski definition) is 4. The second-order valence-corrected chi connectivity index (χ2v) is 10.9. The molecule has 0 aromatic rings. The molecule has 0 radical (unpaired) electrons.